The quantitative estimate of drug-likeness (QED) is 0.702. The van der Waals surface area contributed by atoms with Crippen molar-refractivity contribution in [3.05, 3.63) is 59.7 Å². The third-order valence-corrected chi connectivity index (χ3v) is 8.49. The largest absolute Gasteiger partial charge is 0.497 e. The molecule has 2 saturated heterocycles. The molecule has 4 rings (SSSR count). The second-order valence-electron chi connectivity index (χ2n) is 7.49. The molecule has 1 N–H and O–H groups in total. The molecule has 0 atom stereocenters. The van der Waals surface area contributed by atoms with Gasteiger partial charge in [-0.15, -0.1) is 23.5 Å². The Balaban J connectivity index is 1.30. The van der Waals surface area contributed by atoms with Crippen LogP contribution in [0, 0.1) is 0 Å². The lowest BCUT2D eigenvalue weighted by molar-refractivity contribution is 0.0718. The van der Waals surface area contributed by atoms with Crippen molar-refractivity contribution in [1.82, 2.24) is 4.90 Å². The molecule has 0 spiro atoms. The second-order valence-corrected chi connectivity index (χ2v) is 10.2. The van der Waals surface area contributed by atoms with Crippen LogP contribution in [0.4, 0.5) is 5.69 Å². The average molecular weight is 429 g/mol. The van der Waals surface area contributed by atoms with Gasteiger partial charge in [-0.3, -0.25) is 4.79 Å². The van der Waals surface area contributed by atoms with Crippen LogP contribution in [0.25, 0.3) is 0 Å². The van der Waals surface area contributed by atoms with E-state index in [0.29, 0.717) is 10.6 Å². The van der Waals surface area contributed by atoms with Gasteiger partial charge in [-0.05, 0) is 60.6 Å². The number of thioether (sulfide) groups is 2. The molecule has 4 nitrogen and oxygen atoms in total. The van der Waals surface area contributed by atoms with E-state index < -0.39 is 0 Å². The van der Waals surface area contributed by atoms with Crippen molar-refractivity contribution in [1.29, 1.82) is 0 Å². The van der Waals surface area contributed by atoms with Crippen LogP contribution in [-0.2, 0) is 0 Å². The van der Waals surface area contributed by atoms with Gasteiger partial charge in [0.25, 0.3) is 5.91 Å². The van der Waals surface area contributed by atoms with Crippen molar-refractivity contribution in [2.45, 2.75) is 29.9 Å². The van der Waals surface area contributed by atoms with E-state index in [-0.39, 0.29) is 5.91 Å². The number of likely N-dealkylation sites (tertiary alicyclic amines) is 1. The Bertz CT molecular complexity index is 814. The number of nitrogens with zero attached hydrogens (tertiary/aromatic N) is 1. The normalized spacial score (nSPS) is 18.4. The van der Waals surface area contributed by atoms with Crippen molar-refractivity contribution in [2.24, 2.45) is 0 Å². The van der Waals surface area contributed by atoms with Crippen LogP contribution >= 0.6 is 23.5 Å². The number of benzene rings is 2. The minimum atomic E-state index is 0.153. The second kappa shape index (κ2) is 9.81. The first kappa shape index (κ1) is 20.5. The van der Waals surface area contributed by atoms with E-state index in [4.69, 9.17) is 4.74 Å². The molecule has 2 aromatic carbocycles. The van der Waals surface area contributed by atoms with Crippen LogP contribution in [-0.4, -0.2) is 48.6 Å². The van der Waals surface area contributed by atoms with Crippen LogP contribution in [0.3, 0.4) is 0 Å². The summed E-state index contributed by atoms with van der Waals surface area (Å²) in [4.78, 5) is 14.9. The summed E-state index contributed by atoms with van der Waals surface area (Å²) in [7, 11) is 1.68. The van der Waals surface area contributed by atoms with Crippen LogP contribution < -0.4 is 10.1 Å². The summed E-state index contributed by atoms with van der Waals surface area (Å²) in [6, 6.07) is 16.7. The van der Waals surface area contributed by atoms with Gasteiger partial charge in [0.15, 0.2) is 0 Å². The molecule has 2 aliphatic rings. The van der Waals surface area contributed by atoms with Crippen molar-refractivity contribution in [2.75, 3.05) is 37.0 Å². The molecule has 1 amide bonds. The summed E-state index contributed by atoms with van der Waals surface area (Å²) in [6.45, 7) is 1.58. The Hall–Kier alpha value is -1.79. The van der Waals surface area contributed by atoms with Gasteiger partial charge in [-0.25, -0.2) is 0 Å². The van der Waals surface area contributed by atoms with Gasteiger partial charge in [0, 0.05) is 36.4 Å². The molecule has 0 radical (unpaired) electrons. The highest BCUT2D eigenvalue weighted by atomic mass is 32.2. The summed E-state index contributed by atoms with van der Waals surface area (Å²) in [6.07, 6.45) is 3.21. The Labute approximate surface area is 181 Å². The maximum Gasteiger partial charge on any atom is 0.253 e. The van der Waals surface area contributed by atoms with Gasteiger partial charge in [0.2, 0.25) is 0 Å². The number of carbonyl (C=O) groups is 1. The maximum absolute atomic E-state index is 12.9. The van der Waals surface area contributed by atoms with E-state index in [1.54, 1.807) is 7.11 Å². The number of rotatable bonds is 5. The lowest BCUT2D eigenvalue weighted by Gasteiger charge is -2.33. The molecule has 6 heteroatoms. The Morgan fingerprint density at radius 1 is 1.07 bits per heavy atom. The highest BCUT2D eigenvalue weighted by molar-refractivity contribution is 8.16. The highest BCUT2D eigenvalue weighted by Crippen LogP contribution is 2.43. The minimum absolute atomic E-state index is 0.153. The average Bonchev–Trinajstić information content (AvgIpc) is 2.80. The minimum Gasteiger partial charge on any atom is -0.497 e. The van der Waals surface area contributed by atoms with Crippen LogP contribution in [0.5, 0.6) is 5.75 Å². The molecule has 2 aliphatic heterocycles. The lowest BCUT2D eigenvalue weighted by Crippen LogP contribution is -2.42. The lowest BCUT2D eigenvalue weighted by atomic mass is 10.0. The fraction of sp³-hybridized carbons (Fsp3) is 0.435. The third kappa shape index (κ3) is 5.23. The SMILES string of the molecule is COc1cccc(NC2CCN(C(=O)c3ccc(C4SCCCS4)cc3)CC2)c1. The van der Waals surface area contributed by atoms with Crippen molar-refractivity contribution >= 4 is 35.1 Å². The summed E-state index contributed by atoms with van der Waals surface area (Å²) >= 11 is 4.03. The number of anilines is 1. The van der Waals surface area contributed by atoms with Gasteiger partial charge in [-0.1, -0.05) is 18.2 Å². The zero-order chi connectivity index (χ0) is 20.1. The molecular weight excluding hydrogens is 400 g/mol. The number of carbonyl (C=O) groups excluding carboxylic acids is 1. The molecule has 0 aliphatic carbocycles. The molecule has 0 saturated carbocycles. The molecule has 154 valence electrons. The summed E-state index contributed by atoms with van der Waals surface area (Å²) < 4.78 is 5.81. The number of nitrogens with one attached hydrogen (secondary N) is 1. The summed E-state index contributed by atoms with van der Waals surface area (Å²) in [5.41, 5.74) is 3.21. The number of hydrogen-bond donors (Lipinski definition) is 1. The molecule has 0 aromatic heterocycles. The van der Waals surface area contributed by atoms with Gasteiger partial charge in [0.1, 0.15) is 5.75 Å². The van der Waals surface area contributed by atoms with Crippen molar-refractivity contribution in [3.63, 3.8) is 0 Å². The molecule has 0 unspecified atom stereocenters. The monoisotopic (exact) mass is 428 g/mol. The highest BCUT2D eigenvalue weighted by Gasteiger charge is 2.24. The van der Waals surface area contributed by atoms with Gasteiger partial charge in [-0.2, -0.15) is 0 Å². The fourth-order valence-electron chi connectivity index (χ4n) is 3.82. The van der Waals surface area contributed by atoms with E-state index in [2.05, 4.69) is 23.5 Å². The predicted octanol–water partition coefficient (Wildman–Crippen LogP) is 5.28. The smallest absolute Gasteiger partial charge is 0.253 e. The third-order valence-electron chi connectivity index (χ3n) is 5.48. The van der Waals surface area contributed by atoms with Crippen LogP contribution in [0.15, 0.2) is 48.5 Å². The topological polar surface area (TPSA) is 41.6 Å². The summed E-state index contributed by atoms with van der Waals surface area (Å²) in [5, 5.41) is 3.58. The van der Waals surface area contributed by atoms with Crippen molar-refractivity contribution in [3.8, 4) is 5.75 Å². The molecule has 2 heterocycles. The Morgan fingerprint density at radius 2 is 1.79 bits per heavy atom. The molecule has 2 fully saturated rings. The maximum atomic E-state index is 12.9. The Morgan fingerprint density at radius 3 is 2.48 bits per heavy atom. The van der Waals surface area contributed by atoms with Crippen LogP contribution in [0.1, 0.15) is 39.8 Å². The van der Waals surface area contributed by atoms with Crippen molar-refractivity contribution < 1.29 is 9.53 Å². The number of methoxy groups -OCH3 is 1. The molecule has 0 bridgehead atoms. The van der Waals surface area contributed by atoms with Gasteiger partial charge in [0.05, 0.1) is 11.7 Å². The zero-order valence-electron chi connectivity index (χ0n) is 16.8. The number of hydrogen-bond acceptors (Lipinski definition) is 5. The predicted molar refractivity (Wildman–Crippen MR) is 124 cm³/mol. The van der Waals surface area contributed by atoms with E-state index in [1.165, 1.54) is 23.5 Å². The van der Waals surface area contributed by atoms with E-state index in [1.807, 2.05) is 58.8 Å². The fourth-order valence-corrected chi connectivity index (χ4v) is 6.72. The zero-order valence-corrected chi connectivity index (χ0v) is 18.4. The van der Waals surface area contributed by atoms with Gasteiger partial charge >= 0.3 is 0 Å². The Kier molecular flexibility index (Phi) is 6.93. The first-order valence-corrected chi connectivity index (χ1v) is 12.4. The summed E-state index contributed by atoms with van der Waals surface area (Å²) in [5.74, 6) is 3.48. The molecular formula is C23H28N2O2S2. The van der Waals surface area contributed by atoms with E-state index in [9.17, 15) is 4.79 Å². The van der Waals surface area contributed by atoms with E-state index in [0.717, 1.165) is 42.9 Å². The standard InChI is InChI=1S/C23H28N2O2S2/c1-27-21-5-2-4-20(16-21)24-19-10-12-25(13-11-19)22(26)17-6-8-18(9-7-17)23-28-14-3-15-29-23/h2,4-9,16,19,23-24H,3,10-15H2,1H3. The number of ether oxygens (including phenoxy) is 1. The number of piperidine rings is 1. The van der Waals surface area contributed by atoms with Gasteiger partial charge < -0.3 is 15.0 Å². The van der Waals surface area contributed by atoms with E-state index >= 15 is 0 Å². The number of amides is 1. The first-order valence-electron chi connectivity index (χ1n) is 10.3. The molecule has 29 heavy (non-hydrogen) atoms. The molecule has 2 aromatic rings. The van der Waals surface area contributed by atoms with Crippen LogP contribution in [0.2, 0.25) is 0 Å². The first-order chi connectivity index (χ1) is 14.2.